The van der Waals surface area contributed by atoms with Gasteiger partial charge in [0.05, 0.1) is 4.90 Å². The number of para-hydroxylation sites is 4. The van der Waals surface area contributed by atoms with Gasteiger partial charge >= 0.3 is 37.7 Å². The van der Waals surface area contributed by atoms with Gasteiger partial charge in [-0.05, 0) is 67.1 Å². The molecule has 0 amide bonds. The van der Waals surface area contributed by atoms with Crippen LogP contribution in [0.5, 0.6) is 34.5 Å². The maximum absolute atomic E-state index is 12.1. The van der Waals surface area contributed by atoms with Gasteiger partial charge in [-0.25, -0.2) is 8.42 Å². The molecular weight excluding hydrogens is 697 g/mol. The predicted octanol–water partition coefficient (Wildman–Crippen LogP) is 7.75. The summed E-state index contributed by atoms with van der Waals surface area (Å²) in [7, 11) is -9.09. The van der Waals surface area contributed by atoms with Crippen molar-refractivity contribution >= 4 is 58.0 Å². The normalized spacial score (nSPS) is 11.2. The molecule has 0 unspecified atom stereocenters. The van der Waals surface area contributed by atoms with Crippen molar-refractivity contribution in [3.63, 3.8) is 0 Å². The minimum Gasteiger partial charge on any atom is -0.870 e. The van der Waals surface area contributed by atoms with Crippen LogP contribution in [-0.4, -0.2) is 68.8 Å². The van der Waals surface area contributed by atoms with Gasteiger partial charge in [-0.15, -0.1) is 0 Å². The Labute approximate surface area is 319 Å². The maximum Gasteiger partial charge on any atom is 2.00 e. The van der Waals surface area contributed by atoms with Gasteiger partial charge in [0.2, 0.25) is 0 Å². The van der Waals surface area contributed by atoms with Crippen molar-refractivity contribution in [2.75, 3.05) is 0 Å². The third-order valence-electron chi connectivity index (χ3n) is 7.41. The molecule has 260 valence electrons. The zero-order valence-electron chi connectivity index (χ0n) is 27.8. The van der Waals surface area contributed by atoms with Gasteiger partial charge in [-0.1, -0.05) is 113 Å². The van der Waals surface area contributed by atoms with Gasteiger partial charge in [0.1, 0.15) is 32.3 Å². The molecule has 0 fully saturated rings. The van der Waals surface area contributed by atoms with Crippen LogP contribution in [0.1, 0.15) is 76.3 Å². The fourth-order valence-electron chi connectivity index (χ4n) is 4.95. The second-order valence-electron chi connectivity index (χ2n) is 11.2. The SMILES string of the molecule is CCCCCCc1cccc(O)c1Oc1ccccc1S(=O)(=O)O.CCCCCCc1cccc([O-])c1Oc1ccccc1S(=O)(=O)[O-].[Ca+2]. The molecule has 4 aromatic carbocycles. The molecule has 0 saturated carbocycles. The monoisotopic (exact) mass is 738 g/mol. The number of rotatable bonds is 16. The summed E-state index contributed by atoms with van der Waals surface area (Å²) < 4.78 is 77.5. The Morgan fingerprint density at radius 3 is 1.61 bits per heavy atom. The fourth-order valence-corrected chi connectivity index (χ4v) is 6.17. The van der Waals surface area contributed by atoms with Crippen LogP contribution in [0, 0.1) is 0 Å². The largest absolute Gasteiger partial charge is 2.00 e. The molecule has 0 spiro atoms. The number of phenolic OH excluding ortho intramolecular Hbond substituents is 1. The summed E-state index contributed by atoms with van der Waals surface area (Å²) in [6.07, 6.45) is 9.87. The molecule has 0 aliphatic heterocycles. The van der Waals surface area contributed by atoms with Crippen molar-refractivity contribution in [1.29, 1.82) is 0 Å². The second-order valence-corrected chi connectivity index (χ2v) is 13.9. The average molecular weight is 739 g/mol. The van der Waals surface area contributed by atoms with Gasteiger partial charge in [0, 0.05) is 0 Å². The molecule has 0 radical (unpaired) electrons. The van der Waals surface area contributed by atoms with E-state index in [1.54, 1.807) is 30.3 Å². The van der Waals surface area contributed by atoms with Crippen LogP contribution in [0.3, 0.4) is 0 Å². The van der Waals surface area contributed by atoms with E-state index in [-0.39, 0.29) is 77.1 Å². The van der Waals surface area contributed by atoms with Crippen LogP contribution < -0.4 is 14.6 Å². The minimum absolute atomic E-state index is 0. The average Bonchev–Trinajstić information content (AvgIpc) is 3.04. The summed E-state index contributed by atoms with van der Waals surface area (Å²) in [6.45, 7) is 4.25. The van der Waals surface area contributed by atoms with Gasteiger partial charge in [0.25, 0.3) is 10.1 Å². The van der Waals surface area contributed by atoms with E-state index in [0.29, 0.717) is 6.42 Å². The third-order valence-corrected chi connectivity index (χ3v) is 9.17. The Kier molecular flexibility index (Phi) is 17.9. The first-order valence-corrected chi connectivity index (χ1v) is 18.8. The van der Waals surface area contributed by atoms with Crippen LogP contribution in [0.4, 0.5) is 0 Å². The van der Waals surface area contributed by atoms with E-state index < -0.39 is 25.1 Å². The van der Waals surface area contributed by atoms with E-state index in [1.165, 1.54) is 48.5 Å². The third kappa shape index (κ3) is 13.4. The van der Waals surface area contributed by atoms with Crippen molar-refractivity contribution in [2.24, 2.45) is 0 Å². The number of unbranched alkanes of at least 4 members (excludes halogenated alkanes) is 6. The van der Waals surface area contributed by atoms with Crippen LogP contribution in [0.25, 0.3) is 0 Å². The molecule has 0 bridgehead atoms. The predicted molar refractivity (Wildman–Crippen MR) is 186 cm³/mol. The van der Waals surface area contributed by atoms with E-state index in [2.05, 4.69) is 13.8 Å². The number of aromatic hydroxyl groups is 1. The van der Waals surface area contributed by atoms with E-state index in [4.69, 9.17) is 9.47 Å². The van der Waals surface area contributed by atoms with Gasteiger partial charge < -0.3 is 24.2 Å². The zero-order valence-corrected chi connectivity index (χ0v) is 31.7. The molecule has 0 aliphatic rings. The minimum atomic E-state index is -4.68. The summed E-state index contributed by atoms with van der Waals surface area (Å²) in [4.78, 5) is -0.796. The summed E-state index contributed by atoms with van der Waals surface area (Å²) in [5, 5.41) is 22.3. The Bertz CT molecular complexity index is 1710. The molecule has 4 aromatic rings. The zero-order chi connectivity index (χ0) is 35.2. The fraction of sp³-hybridized carbons (Fsp3) is 0.333. The Hall–Kier alpha value is -2.84. The van der Waals surface area contributed by atoms with Gasteiger partial charge in [-0.3, -0.25) is 4.55 Å². The molecule has 0 aromatic heterocycles. The standard InChI is InChI=1S/2C18H22O5S.Ca/c2*1-2-3-4-5-9-14-10-8-11-15(19)18(14)23-16-12-6-7-13-17(16)24(20,21)22;/h2*6-8,10-13,19H,2-5,9H2,1H3,(H,20,21,22);/q;;+2/p-2. The summed E-state index contributed by atoms with van der Waals surface area (Å²) >= 11 is 0. The molecular formula is C36H42CaO10S2. The molecule has 49 heavy (non-hydrogen) atoms. The summed E-state index contributed by atoms with van der Waals surface area (Å²) in [5.74, 6) is -0.216. The molecule has 2 N–H and O–H groups in total. The molecule has 4 rings (SSSR count). The van der Waals surface area contributed by atoms with Gasteiger partial charge in [0.15, 0.2) is 11.5 Å². The topological polar surface area (TPSA) is 173 Å². The molecule has 10 nitrogen and oxygen atoms in total. The van der Waals surface area contributed by atoms with E-state index in [0.717, 1.165) is 68.9 Å². The van der Waals surface area contributed by atoms with Crippen molar-refractivity contribution in [1.82, 2.24) is 0 Å². The maximum atomic E-state index is 12.1. The molecule has 0 heterocycles. The number of hydrogen-bond acceptors (Lipinski definition) is 9. The quantitative estimate of drug-likeness (QED) is 0.0657. The van der Waals surface area contributed by atoms with Crippen molar-refractivity contribution in [3.05, 3.63) is 96.1 Å². The van der Waals surface area contributed by atoms with Crippen molar-refractivity contribution in [3.8, 4) is 34.5 Å². The first-order valence-electron chi connectivity index (χ1n) is 15.9. The van der Waals surface area contributed by atoms with E-state index in [1.807, 2.05) is 6.07 Å². The van der Waals surface area contributed by atoms with E-state index in [9.17, 15) is 36.2 Å². The first-order chi connectivity index (χ1) is 22.9. The first kappa shape index (κ1) is 42.3. The van der Waals surface area contributed by atoms with Crippen LogP contribution in [-0.2, 0) is 33.1 Å². The molecule has 13 heteroatoms. The number of hydrogen-bond donors (Lipinski definition) is 2. The Morgan fingerprint density at radius 2 is 1.08 bits per heavy atom. The molecule has 0 aliphatic carbocycles. The van der Waals surface area contributed by atoms with Crippen LogP contribution in [0.2, 0.25) is 0 Å². The second kappa shape index (κ2) is 20.7. The van der Waals surface area contributed by atoms with Crippen molar-refractivity contribution in [2.45, 2.75) is 87.8 Å². The van der Waals surface area contributed by atoms with Gasteiger partial charge in [-0.2, -0.15) is 8.42 Å². The van der Waals surface area contributed by atoms with Crippen LogP contribution in [0.15, 0.2) is 94.7 Å². The Balaban J connectivity index is 0.000000333. The molecule has 0 atom stereocenters. The van der Waals surface area contributed by atoms with E-state index >= 15 is 0 Å². The van der Waals surface area contributed by atoms with Crippen LogP contribution >= 0.6 is 0 Å². The number of aryl methyl sites for hydroxylation is 2. The number of phenols is 1. The smallest absolute Gasteiger partial charge is 0.870 e. The summed E-state index contributed by atoms with van der Waals surface area (Å²) in [6, 6.07) is 21.2. The Morgan fingerprint density at radius 1 is 0.612 bits per heavy atom. The number of ether oxygens (including phenoxy) is 2. The van der Waals surface area contributed by atoms with Crippen molar-refractivity contribution < 1.29 is 45.6 Å². The molecule has 0 saturated heterocycles. The number of benzene rings is 4. The summed E-state index contributed by atoms with van der Waals surface area (Å²) in [5.41, 5.74) is 1.52.